The van der Waals surface area contributed by atoms with Gasteiger partial charge in [-0.3, -0.25) is 10.1 Å². The maximum absolute atomic E-state index is 12.5. The Kier molecular flexibility index (Phi) is 5.64. The van der Waals surface area contributed by atoms with E-state index in [1.807, 2.05) is 42.5 Å². The lowest BCUT2D eigenvalue weighted by atomic mass is 10.0. The molecule has 0 unspecified atom stereocenters. The smallest absolute Gasteiger partial charge is 0.322 e. The Bertz CT molecular complexity index is 1300. The molecule has 0 fully saturated rings. The Morgan fingerprint density at radius 1 is 0.839 bits per heavy atom. The van der Waals surface area contributed by atoms with Crippen LogP contribution in [0.15, 0.2) is 88.2 Å². The second-order valence-electron chi connectivity index (χ2n) is 6.74. The first kappa shape index (κ1) is 20.5. The first-order valence-corrected chi connectivity index (χ1v) is 11.2. The van der Waals surface area contributed by atoms with Gasteiger partial charge >= 0.3 is 6.01 Å². The van der Waals surface area contributed by atoms with E-state index in [0.717, 1.165) is 11.1 Å². The Hall–Kier alpha value is -3.78. The molecule has 0 atom stereocenters. The normalized spacial score (nSPS) is 11.3. The molecule has 0 aliphatic rings. The van der Waals surface area contributed by atoms with Gasteiger partial charge in [0.15, 0.2) is 9.84 Å². The van der Waals surface area contributed by atoms with Crippen molar-refractivity contribution in [2.45, 2.75) is 11.8 Å². The number of carbonyl (C=O) groups is 1. The molecule has 4 rings (SSSR count). The van der Waals surface area contributed by atoms with Crippen LogP contribution in [0, 0.1) is 0 Å². The quantitative estimate of drug-likeness (QED) is 0.482. The molecule has 0 spiro atoms. The Morgan fingerprint density at radius 3 is 2.10 bits per heavy atom. The van der Waals surface area contributed by atoms with Crippen molar-refractivity contribution in [2.24, 2.45) is 0 Å². The number of hydrogen-bond acceptors (Lipinski definition) is 6. The van der Waals surface area contributed by atoms with E-state index >= 15 is 0 Å². The topological polar surface area (TPSA) is 102 Å². The molecule has 4 aromatic rings. The number of amides is 1. The molecule has 3 aromatic carbocycles. The van der Waals surface area contributed by atoms with E-state index in [0.29, 0.717) is 11.1 Å². The third-order valence-electron chi connectivity index (χ3n) is 4.74. The maximum Gasteiger partial charge on any atom is 0.322 e. The zero-order valence-electron chi connectivity index (χ0n) is 16.6. The lowest BCUT2D eigenvalue weighted by Gasteiger charge is -2.04. The predicted molar refractivity (Wildman–Crippen MR) is 117 cm³/mol. The summed E-state index contributed by atoms with van der Waals surface area (Å²) in [5, 5.41) is 10.3. The molecule has 1 N–H and O–H groups in total. The maximum atomic E-state index is 12.5. The molecule has 8 heteroatoms. The molecule has 0 saturated carbocycles. The minimum atomic E-state index is -3.28. The summed E-state index contributed by atoms with van der Waals surface area (Å²) < 4.78 is 29.3. The number of anilines is 1. The van der Waals surface area contributed by atoms with Crippen LogP contribution in [0.3, 0.4) is 0 Å². The molecule has 0 aliphatic heterocycles. The number of rotatable bonds is 6. The van der Waals surface area contributed by atoms with Gasteiger partial charge in [-0.15, -0.1) is 5.10 Å². The number of aromatic nitrogens is 2. The van der Waals surface area contributed by atoms with Crippen molar-refractivity contribution in [2.75, 3.05) is 11.1 Å². The van der Waals surface area contributed by atoms with Gasteiger partial charge in [-0.05, 0) is 47.5 Å². The number of nitrogens with one attached hydrogen (secondary N) is 1. The van der Waals surface area contributed by atoms with E-state index < -0.39 is 9.84 Å². The number of benzene rings is 3. The summed E-state index contributed by atoms with van der Waals surface area (Å²) in [4.78, 5) is 12.7. The molecule has 0 radical (unpaired) electrons. The number of hydrogen-bond donors (Lipinski definition) is 1. The van der Waals surface area contributed by atoms with Crippen molar-refractivity contribution in [3.63, 3.8) is 0 Å². The summed E-state index contributed by atoms with van der Waals surface area (Å²) >= 11 is 0. The molecule has 7 nitrogen and oxygen atoms in total. The van der Waals surface area contributed by atoms with Gasteiger partial charge in [-0.2, -0.15) is 0 Å². The first-order chi connectivity index (χ1) is 15.0. The second-order valence-corrected chi connectivity index (χ2v) is 9.02. The minimum absolute atomic E-state index is 0.0232. The van der Waals surface area contributed by atoms with Crippen LogP contribution in [-0.4, -0.2) is 30.3 Å². The van der Waals surface area contributed by atoms with Crippen LogP contribution in [0.5, 0.6) is 0 Å². The fraction of sp³-hybridized carbons (Fsp3) is 0.0870. The van der Waals surface area contributed by atoms with Gasteiger partial charge in [0.1, 0.15) is 0 Å². The van der Waals surface area contributed by atoms with Gasteiger partial charge in [0.2, 0.25) is 5.89 Å². The fourth-order valence-corrected chi connectivity index (χ4v) is 3.86. The highest BCUT2D eigenvalue weighted by molar-refractivity contribution is 7.91. The number of sulfone groups is 1. The summed E-state index contributed by atoms with van der Waals surface area (Å²) in [6, 6.07) is 23.2. The highest BCUT2D eigenvalue weighted by atomic mass is 32.2. The van der Waals surface area contributed by atoms with Gasteiger partial charge in [-0.25, -0.2) is 8.42 Å². The lowest BCUT2D eigenvalue weighted by molar-refractivity contribution is 0.102. The second kappa shape index (κ2) is 8.53. The third kappa shape index (κ3) is 4.54. The summed E-state index contributed by atoms with van der Waals surface area (Å²) in [5.41, 5.74) is 3.07. The molecule has 1 aromatic heterocycles. The summed E-state index contributed by atoms with van der Waals surface area (Å²) in [7, 11) is -3.28. The third-order valence-corrected chi connectivity index (χ3v) is 6.49. The van der Waals surface area contributed by atoms with Crippen molar-refractivity contribution in [1.29, 1.82) is 0 Å². The van der Waals surface area contributed by atoms with Crippen LogP contribution >= 0.6 is 0 Å². The lowest BCUT2D eigenvalue weighted by Crippen LogP contribution is -2.11. The largest absolute Gasteiger partial charge is 0.403 e. The zero-order valence-corrected chi connectivity index (χ0v) is 17.5. The SMILES string of the molecule is CCS(=O)(=O)c1ccc(-c2nnc(NC(=O)c3ccc(-c4ccccc4)cc3)o2)cc1. The number of carbonyl (C=O) groups excluding carboxylic acids is 1. The standard InChI is InChI=1S/C23H19N3O4S/c1-2-31(28,29)20-14-12-19(13-15-20)22-25-26-23(30-22)24-21(27)18-10-8-17(9-11-18)16-6-4-3-5-7-16/h3-15H,2H2,1H3,(H,24,26,27). The van der Waals surface area contributed by atoms with Crippen LogP contribution < -0.4 is 5.32 Å². The Morgan fingerprint density at radius 2 is 1.45 bits per heavy atom. The monoisotopic (exact) mass is 433 g/mol. The zero-order chi connectivity index (χ0) is 21.8. The Labute approximate surface area is 179 Å². The summed E-state index contributed by atoms with van der Waals surface area (Å²) in [6.45, 7) is 1.59. The van der Waals surface area contributed by atoms with Crippen molar-refractivity contribution >= 4 is 21.8 Å². The van der Waals surface area contributed by atoms with Crippen LogP contribution in [-0.2, 0) is 9.84 Å². The van der Waals surface area contributed by atoms with Gasteiger partial charge in [0.25, 0.3) is 5.91 Å². The molecular weight excluding hydrogens is 414 g/mol. The van der Waals surface area contributed by atoms with Crippen molar-refractivity contribution in [3.8, 4) is 22.6 Å². The van der Waals surface area contributed by atoms with Gasteiger partial charge < -0.3 is 4.42 Å². The summed E-state index contributed by atoms with van der Waals surface area (Å²) in [5.74, 6) is -0.176. The van der Waals surface area contributed by atoms with E-state index in [2.05, 4.69) is 15.5 Å². The van der Waals surface area contributed by atoms with Crippen LogP contribution in [0.2, 0.25) is 0 Å². The molecule has 0 bridgehead atoms. The van der Waals surface area contributed by atoms with E-state index in [-0.39, 0.29) is 28.5 Å². The summed E-state index contributed by atoms with van der Waals surface area (Å²) in [6.07, 6.45) is 0. The fourth-order valence-electron chi connectivity index (χ4n) is 2.98. The van der Waals surface area contributed by atoms with E-state index in [4.69, 9.17) is 4.42 Å². The highest BCUT2D eigenvalue weighted by Crippen LogP contribution is 2.23. The van der Waals surface area contributed by atoms with Gasteiger partial charge in [0.05, 0.1) is 10.6 Å². The average molecular weight is 433 g/mol. The van der Waals surface area contributed by atoms with Gasteiger partial charge in [0, 0.05) is 11.1 Å². The molecule has 1 amide bonds. The first-order valence-electron chi connectivity index (χ1n) is 9.60. The van der Waals surface area contributed by atoms with Gasteiger partial charge in [-0.1, -0.05) is 54.5 Å². The Balaban J connectivity index is 1.46. The predicted octanol–water partition coefficient (Wildman–Crippen LogP) is 4.45. The molecule has 31 heavy (non-hydrogen) atoms. The molecule has 1 heterocycles. The number of nitrogens with zero attached hydrogens (tertiary/aromatic N) is 2. The van der Waals surface area contributed by atoms with E-state index in [1.165, 1.54) is 12.1 Å². The molecule has 0 saturated heterocycles. The van der Waals surface area contributed by atoms with Crippen molar-refractivity contribution < 1.29 is 17.6 Å². The highest BCUT2D eigenvalue weighted by Gasteiger charge is 2.15. The van der Waals surface area contributed by atoms with Crippen LogP contribution in [0.4, 0.5) is 6.01 Å². The average Bonchev–Trinajstić information content (AvgIpc) is 3.28. The van der Waals surface area contributed by atoms with E-state index in [9.17, 15) is 13.2 Å². The van der Waals surface area contributed by atoms with Crippen LogP contribution in [0.1, 0.15) is 17.3 Å². The molecular formula is C23H19N3O4S. The van der Waals surface area contributed by atoms with E-state index in [1.54, 1.807) is 31.2 Å². The van der Waals surface area contributed by atoms with Crippen molar-refractivity contribution in [3.05, 3.63) is 84.4 Å². The van der Waals surface area contributed by atoms with Crippen molar-refractivity contribution in [1.82, 2.24) is 10.2 Å². The van der Waals surface area contributed by atoms with Crippen LogP contribution in [0.25, 0.3) is 22.6 Å². The minimum Gasteiger partial charge on any atom is -0.403 e. The molecule has 0 aliphatic carbocycles. The molecule has 156 valence electrons.